The van der Waals surface area contributed by atoms with Gasteiger partial charge in [0, 0.05) is 0 Å². The first kappa shape index (κ1) is 11.0. The Labute approximate surface area is 113 Å². The summed E-state index contributed by atoms with van der Waals surface area (Å²) >= 11 is 0. The van der Waals surface area contributed by atoms with E-state index in [9.17, 15) is 4.79 Å². The number of hydrogen-bond donors (Lipinski definition) is 1. The summed E-state index contributed by atoms with van der Waals surface area (Å²) < 4.78 is 3.29. The van der Waals surface area contributed by atoms with Crippen molar-refractivity contribution in [3.8, 4) is 5.69 Å². The van der Waals surface area contributed by atoms with Crippen LogP contribution in [0.2, 0.25) is 0 Å². The van der Waals surface area contributed by atoms with Gasteiger partial charge in [-0.05, 0) is 36.8 Å². The molecule has 1 aromatic carbocycles. The molecule has 4 aromatic rings. The Kier molecular flexibility index (Phi) is 2.09. The van der Waals surface area contributed by atoms with Crippen LogP contribution in [0.1, 0.15) is 5.56 Å². The number of rotatable bonds is 1. The molecule has 0 saturated carbocycles. The molecule has 6 heteroatoms. The molecule has 4 rings (SSSR count). The molecule has 0 amide bonds. The van der Waals surface area contributed by atoms with Crippen molar-refractivity contribution in [3.05, 3.63) is 58.8 Å². The number of hydrogen-bond acceptors (Lipinski definition) is 3. The Morgan fingerprint density at radius 1 is 1.20 bits per heavy atom. The Morgan fingerprint density at radius 2 is 2.10 bits per heavy atom. The largest absolute Gasteiger partial charge is 0.331 e. The summed E-state index contributed by atoms with van der Waals surface area (Å²) in [5, 5.41) is 7.80. The van der Waals surface area contributed by atoms with E-state index in [1.807, 2.05) is 37.3 Å². The number of pyridine rings is 1. The van der Waals surface area contributed by atoms with Gasteiger partial charge in [0.2, 0.25) is 0 Å². The number of aryl methyl sites for hydroxylation is 1. The Morgan fingerprint density at radius 3 is 3.00 bits per heavy atom. The lowest BCUT2D eigenvalue weighted by atomic mass is 10.2. The van der Waals surface area contributed by atoms with Gasteiger partial charge in [0.1, 0.15) is 0 Å². The average molecular weight is 265 g/mol. The van der Waals surface area contributed by atoms with E-state index in [1.54, 1.807) is 21.5 Å². The third kappa shape index (κ3) is 1.48. The fourth-order valence-corrected chi connectivity index (χ4v) is 2.41. The molecule has 20 heavy (non-hydrogen) atoms. The van der Waals surface area contributed by atoms with E-state index in [0.717, 1.165) is 27.8 Å². The molecule has 0 spiro atoms. The number of aromatic amines is 1. The molecule has 0 radical (unpaired) electrons. The van der Waals surface area contributed by atoms with Crippen molar-refractivity contribution in [2.75, 3.05) is 0 Å². The van der Waals surface area contributed by atoms with Crippen LogP contribution in [0.5, 0.6) is 0 Å². The second kappa shape index (κ2) is 3.80. The van der Waals surface area contributed by atoms with Crippen LogP contribution in [0.15, 0.2) is 47.5 Å². The molecule has 0 aliphatic carbocycles. The van der Waals surface area contributed by atoms with Crippen LogP contribution < -0.4 is 5.69 Å². The molecular weight excluding hydrogens is 254 g/mol. The summed E-state index contributed by atoms with van der Waals surface area (Å²) in [6.07, 6.45) is 3.46. The van der Waals surface area contributed by atoms with Gasteiger partial charge in [-0.25, -0.2) is 9.31 Å². The molecule has 0 saturated heterocycles. The van der Waals surface area contributed by atoms with Gasteiger partial charge in [0.25, 0.3) is 0 Å². The van der Waals surface area contributed by atoms with Crippen LogP contribution in [0.4, 0.5) is 0 Å². The monoisotopic (exact) mass is 265 g/mol. The van der Waals surface area contributed by atoms with Gasteiger partial charge < -0.3 is 4.98 Å². The maximum atomic E-state index is 12.2. The first-order valence-electron chi connectivity index (χ1n) is 6.24. The van der Waals surface area contributed by atoms with Crippen LogP contribution in [0, 0.1) is 6.92 Å². The minimum atomic E-state index is -0.162. The van der Waals surface area contributed by atoms with E-state index >= 15 is 0 Å². The smallest absolute Gasteiger partial charge is 0.305 e. The van der Waals surface area contributed by atoms with E-state index in [1.165, 1.54) is 0 Å². The molecule has 1 N–H and O–H groups in total. The minimum absolute atomic E-state index is 0.162. The number of H-pyrrole nitrogens is 1. The number of nitrogens with one attached hydrogen (secondary N) is 1. The van der Waals surface area contributed by atoms with Gasteiger partial charge in [-0.2, -0.15) is 0 Å². The van der Waals surface area contributed by atoms with Gasteiger partial charge in [-0.15, -0.1) is 5.10 Å². The third-order valence-electron chi connectivity index (χ3n) is 3.38. The summed E-state index contributed by atoms with van der Waals surface area (Å²) in [5.41, 5.74) is 4.26. The van der Waals surface area contributed by atoms with Gasteiger partial charge in [-0.3, -0.25) is 4.57 Å². The first-order valence-corrected chi connectivity index (χ1v) is 6.24. The van der Waals surface area contributed by atoms with Crippen molar-refractivity contribution in [1.29, 1.82) is 0 Å². The average Bonchev–Trinajstić information content (AvgIpc) is 3.00. The van der Waals surface area contributed by atoms with Crippen molar-refractivity contribution >= 4 is 16.6 Å². The molecule has 98 valence electrons. The summed E-state index contributed by atoms with van der Waals surface area (Å²) in [6.45, 7) is 2.00. The highest BCUT2D eigenvalue weighted by Crippen LogP contribution is 2.17. The SMILES string of the molecule is Cc1ccc2[nH]c(=O)n(-c3ccc4cnnn4c3)c2c1. The normalized spacial score (nSPS) is 11.4. The molecule has 0 aliphatic rings. The quantitative estimate of drug-likeness (QED) is 0.569. The number of aromatic nitrogens is 5. The summed E-state index contributed by atoms with van der Waals surface area (Å²) in [4.78, 5) is 15.0. The fraction of sp³-hybridized carbons (Fsp3) is 0.0714. The maximum absolute atomic E-state index is 12.2. The number of benzene rings is 1. The molecule has 3 heterocycles. The van der Waals surface area contributed by atoms with Crippen molar-refractivity contribution < 1.29 is 0 Å². The maximum Gasteiger partial charge on any atom is 0.331 e. The van der Waals surface area contributed by atoms with E-state index in [2.05, 4.69) is 15.3 Å². The highest BCUT2D eigenvalue weighted by atomic mass is 16.1. The molecule has 0 bridgehead atoms. The van der Waals surface area contributed by atoms with Crippen LogP contribution >= 0.6 is 0 Å². The lowest BCUT2D eigenvalue weighted by Gasteiger charge is -2.04. The van der Waals surface area contributed by atoms with E-state index in [4.69, 9.17) is 0 Å². The molecule has 3 aromatic heterocycles. The van der Waals surface area contributed by atoms with E-state index in [-0.39, 0.29) is 5.69 Å². The predicted molar refractivity (Wildman–Crippen MR) is 75.2 cm³/mol. The molecule has 0 fully saturated rings. The summed E-state index contributed by atoms with van der Waals surface area (Å²) in [7, 11) is 0. The van der Waals surface area contributed by atoms with Gasteiger partial charge in [-0.1, -0.05) is 11.3 Å². The van der Waals surface area contributed by atoms with Crippen LogP contribution in [-0.4, -0.2) is 24.4 Å². The van der Waals surface area contributed by atoms with Crippen molar-refractivity contribution in [2.24, 2.45) is 0 Å². The van der Waals surface area contributed by atoms with Gasteiger partial charge in [0.05, 0.1) is 34.6 Å². The second-order valence-electron chi connectivity index (χ2n) is 4.78. The fourth-order valence-electron chi connectivity index (χ4n) is 2.41. The number of imidazole rings is 1. The van der Waals surface area contributed by atoms with Crippen molar-refractivity contribution in [1.82, 2.24) is 24.4 Å². The third-order valence-corrected chi connectivity index (χ3v) is 3.38. The zero-order valence-corrected chi connectivity index (χ0v) is 10.7. The van der Waals surface area contributed by atoms with Crippen molar-refractivity contribution in [3.63, 3.8) is 0 Å². The Balaban J connectivity index is 2.07. The van der Waals surface area contributed by atoms with Crippen LogP contribution in [0.3, 0.4) is 0 Å². The van der Waals surface area contributed by atoms with E-state index in [0.29, 0.717) is 0 Å². The van der Waals surface area contributed by atoms with Crippen LogP contribution in [0.25, 0.3) is 22.2 Å². The van der Waals surface area contributed by atoms with Gasteiger partial charge in [0.15, 0.2) is 0 Å². The zero-order chi connectivity index (χ0) is 13.7. The molecule has 0 atom stereocenters. The second-order valence-corrected chi connectivity index (χ2v) is 4.78. The van der Waals surface area contributed by atoms with E-state index < -0.39 is 0 Å². The number of fused-ring (bicyclic) bond motifs is 2. The molecule has 0 unspecified atom stereocenters. The topological polar surface area (TPSA) is 68.0 Å². The lowest BCUT2D eigenvalue weighted by molar-refractivity contribution is 0.845. The van der Waals surface area contributed by atoms with Crippen LogP contribution in [-0.2, 0) is 0 Å². The zero-order valence-electron chi connectivity index (χ0n) is 10.7. The summed E-state index contributed by atoms with van der Waals surface area (Å²) in [6, 6.07) is 9.64. The Bertz CT molecular complexity index is 992. The first-order chi connectivity index (χ1) is 9.72. The minimum Gasteiger partial charge on any atom is -0.305 e. The molecule has 6 nitrogen and oxygen atoms in total. The standard InChI is InChI=1S/C14H11N5O/c1-9-2-5-12-13(6-9)19(14(20)16-12)11-4-3-10-7-15-17-18(10)8-11/h2-8H,1H3,(H,16,20). The van der Waals surface area contributed by atoms with Gasteiger partial charge >= 0.3 is 5.69 Å². The summed E-state index contributed by atoms with van der Waals surface area (Å²) in [5.74, 6) is 0. The lowest BCUT2D eigenvalue weighted by Crippen LogP contribution is -2.15. The van der Waals surface area contributed by atoms with Crippen molar-refractivity contribution in [2.45, 2.75) is 6.92 Å². The number of nitrogens with zero attached hydrogens (tertiary/aromatic N) is 4. The Hall–Kier alpha value is -2.89. The molecular formula is C14H11N5O. The highest BCUT2D eigenvalue weighted by Gasteiger charge is 2.09. The highest BCUT2D eigenvalue weighted by molar-refractivity contribution is 5.78. The molecule has 0 aliphatic heterocycles. The predicted octanol–water partition coefficient (Wildman–Crippen LogP) is 1.67.